The van der Waals surface area contributed by atoms with Crippen LogP contribution < -0.4 is 14.8 Å². The largest absolute Gasteiger partial charge is 0.493 e. The Morgan fingerprint density at radius 3 is 2.32 bits per heavy atom. The Hall–Kier alpha value is -4.16. The van der Waals surface area contributed by atoms with Crippen molar-refractivity contribution in [3.63, 3.8) is 0 Å². The summed E-state index contributed by atoms with van der Waals surface area (Å²) in [6, 6.07) is 15.9. The molecule has 11 nitrogen and oxygen atoms in total. The van der Waals surface area contributed by atoms with E-state index in [4.69, 9.17) is 19.3 Å². The molecular formula is C29H35N5O6S. The quantitative estimate of drug-likeness (QED) is 0.286. The van der Waals surface area contributed by atoms with Crippen LogP contribution in [0, 0.1) is 6.92 Å². The first-order chi connectivity index (χ1) is 19.3. The first-order valence-electron chi connectivity index (χ1n) is 13.0. The predicted molar refractivity (Wildman–Crippen MR) is 156 cm³/mol. The highest BCUT2D eigenvalue weighted by Crippen LogP contribution is 2.33. The molecule has 0 unspecified atom stereocenters. The Morgan fingerprint density at radius 2 is 1.68 bits per heavy atom. The molecule has 4 rings (SSSR count). The standard InChI is InChI=1S/C29H35N5O6S/c1-19-27(20-8-11-22(12-9-20)41(36,37)33(5)6)34-26(31-19)15-13-23(32-34)21-10-14-24(25(18-21)38-7)39-17-16-30-28(35)40-29(2,3)4/h8-15,18H,16-17H2,1-7H3,(H,30,35). The van der Waals surface area contributed by atoms with Gasteiger partial charge in [-0.1, -0.05) is 12.1 Å². The summed E-state index contributed by atoms with van der Waals surface area (Å²) in [6.07, 6.45) is -0.506. The normalized spacial score (nSPS) is 12.0. The lowest BCUT2D eigenvalue weighted by Gasteiger charge is -2.19. The number of hydrogen-bond donors (Lipinski definition) is 1. The lowest BCUT2D eigenvalue weighted by Crippen LogP contribution is -2.34. The number of rotatable bonds is 9. The molecule has 0 spiro atoms. The third-order valence-electron chi connectivity index (χ3n) is 6.05. The molecule has 0 atom stereocenters. The number of aryl methyl sites for hydroxylation is 1. The van der Waals surface area contributed by atoms with Crippen molar-refractivity contribution in [1.29, 1.82) is 0 Å². The van der Waals surface area contributed by atoms with Crippen LogP contribution in [0.15, 0.2) is 59.5 Å². The van der Waals surface area contributed by atoms with Gasteiger partial charge in [-0.2, -0.15) is 5.10 Å². The molecule has 0 radical (unpaired) electrons. The average Bonchev–Trinajstić information content (AvgIpc) is 3.24. The Labute approximate surface area is 240 Å². The number of nitrogens with one attached hydrogen (secondary N) is 1. The number of alkyl carbamates (subject to hydrolysis) is 1. The van der Waals surface area contributed by atoms with Crippen molar-refractivity contribution < 1.29 is 27.4 Å². The number of sulfonamides is 1. The molecule has 0 saturated heterocycles. The molecule has 0 aliphatic rings. The summed E-state index contributed by atoms with van der Waals surface area (Å²) < 4.78 is 44.5. The zero-order valence-corrected chi connectivity index (χ0v) is 25.1. The zero-order valence-electron chi connectivity index (χ0n) is 24.3. The summed E-state index contributed by atoms with van der Waals surface area (Å²) in [5, 5.41) is 7.50. The van der Waals surface area contributed by atoms with Gasteiger partial charge < -0.3 is 19.5 Å². The number of benzene rings is 2. The molecule has 41 heavy (non-hydrogen) atoms. The maximum atomic E-state index is 12.5. The fourth-order valence-corrected chi connectivity index (χ4v) is 5.00. The van der Waals surface area contributed by atoms with Gasteiger partial charge in [-0.15, -0.1) is 0 Å². The van der Waals surface area contributed by atoms with Crippen LogP contribution >= 0.6 is 0 Å². The summed E-state index contributed by atoms with van der Waals surface area (Å²) in [7, 11) is 1.02. The Kier molecular flexibility index (Phi) is 8.55. The van der Waals surface area contributed by atoms with Crippen LogP contribution in [0.1, 0.15) is 26.5 Å². The van der Waals surface area contributed by atoms with Gasteiger partial charge in [-0.05, 0) is 70.2 Å². The van der Waals surface area contributed by atoms with Gasteiger partial charge in [0.2, 0.25) is 10.0 Å². The van der Waals surface area contributed by atoms with Gasteiger partial charge in [0.25, 0.3) is 0 Å². The fourth-order valence-electron chi connectivity index (χ4n) is 4.10. The van der Waals surface area contributed by atoms with Crippen LogP contribution in [-0.4, -0.2) is 73.4 Å². The summed E-state index contributed by atoms with van der Waals surface area (Å²) in [5.74, 6) is 1.04. The minimum absolute atomic E-state index is 0.210. The van der Waals surface area contributed by atoms with Crippen molar-refractivity contribution in [3.8, 4) is 34.0 Å². The Morgan fingerprint density at radius 1 is 1.00 bits per heavy atom. The van der Waals surface area contributed by atoms with Crippen molar-refractivity contribution in [2.45, 2.75) is 38.2 Å². The van der Waals surface area contributed by atoms with Crippen LogP contribution in [0.2, 0.25) is 0 Å². The van der Waals surface area contributed by atoms with E-state index in [1.165, 1.54) is 18.4 Å². The number of amides is 1. The number of ether oxygens (including phenoxy) is 3. The van der Waals surface area contributed by atoms with E-state index in [1.807, 2.05) is 31.2 Å². The van der Waals surface area contributed by atoms with Gasteiger partial charge in [0.1, 0.15) is 12.2 Å². The number of methoxy groups -OCH3 is 1. The van der Waals surface area contributed by atoms with Crippen molar-refractivity contribution in [3.05, 3.63) is 60.3 Å². The second kappa shape index (κ2) is 11.8. The van der Waals surface area contributed by atoms with E-state index in [0.717, 1.165) is 22.5 Å². The number of aromatic nitrogens is 3. The lowest BCUT2D eigenvalue weighted by atomic mass is 10.1. The number of carbonyl (C=O) groups is 1. The van der Waals surface area contributed by atoms with Gasteiger partial charge in [0.15, 0.2) is 17.1 Å². The van der Waals surface area contributed by atoms with E-state index in [-0.39, 0.29) is 18.0 Å². The molecule has 12 heteroatoms. The summed E-state index contributed by atoms with van der Waals surface area (Å²) >= 11 is 0. The second-order valence-electron chi connectivity index (χ2n) is 10.5. The minimum atomic E-state index is -3.54. The van der Waals surface area contributed by atoms with Crippen molar-refractivity contribution in [2.24, 2.45) is 0 Å². The molecule has 4 aromatic rings. The zero-order chi connectivity index (χ0) is 29.9. The second-order valence-corrected chi connectivity index (χ2v) is 12.6. The average molecular weight is 582 g/mol. The number of hydrogen-bond acceptors (Lipinski definition) is 8. The van der Waals surface area contributed by atoms with Crippen molar-refractivity contribution in [1.82, 2.24) is 24.2 Å². The first kappa shape index (κ1) is 29.8. The predicted octanol–water partition coefficient (Wildman–Crippen LogP) is 4.53. The van der Waals surface area contributed by atoms with Gasteiger partial charge in [-0.25, -0.2) is 27.0 Å². The summed E-state index contributed by atoms with van der Waals surface area (Å²) in [6.45, 7) is 7.79. The van der Waals surface area contributed by atoms with Crippen LogP contribution in [0.25, 0.3) is 28.2 Å². The third-order valence-corrected chi connectivity index (χ3v) is 7.87. The number of imidazole rings is 1. The molecule has 0 fully saturated rings. The number of fused-ring (bicyclic) bond motifs is 1. The summed E-state index contributed by atoms with van der Waals surface area (Å²) in [5.41, 5.74) is 3.89. The highest BCUT2D eigenvalue weighted by Gasteiger charge is 2.19. The monoisotopic (exact) mass is 581 g/mol. The molecule has 2 heterocycles. The highest BCUT2D eigenvalue weighted by molar-refractivity contribution is 7.89. The topological polar surface area (TPSA) is 124 Å². The van der Waals surface area contributed by atoms with E-state index >= 15 is 0 Å². The first-order valence-corrected chi connectivity index (χ1v) is 14.4. The number of nitrogens with zero attached hydrogens (tertiary/aromatic N) is 4. The SMILES string of the molecule is COc1cc(-c2ccc3nc(C)c(-c4ccc(S(=O)(=O)N(C)C)cc4)n3n2)ccc1OCCNC(=O)OC(C)(C)C. The van der Waals surface area contributed by atoms with E-state index in [1.54, 1.807) is 62.7 Å². The molecule has 0 bridgehead atoms. The highest BCUT2D eigenvalue weighted by atomic mass is 32.2. The molecule has 0 aliphatic carbocycles. The fraction of sp³-hybridized carbons (Fsp3) is 0.345. The van der Waals surface area contributed by atoms with Gasteiger partial charge >= 0.3 is 6.09 Å². The number of carbonyl (C=O) groups excluding carboxylic acids is 1. The van der Waals surface area contributed by atoms with Gasteiger partial charge in [0.05, 0.1) is 35.6 Å². The summed E-state index contributed by atoms with van der Waals surface area (Å²) in [4.78, 5) is 16.7. The van der Waals surface area contributed by atoms with E-state index in [0.29, 0.717) is 22.8 Å². The van der Waals surface area contributed by atoms with Crippen LogP contribution in [0.4, 0.5) is 4.79 Å². The van der Waals surface area contributed by atoms with E-state index in [9.17, 15) is 13.2 Å². The lowest BCUT2D eigenvalue weighted by molar-refractivity contribution is 0.0520. The third kappa shape index (κ3) is 6.77. The molecule has 2 aromatic heterocycles. The Bertz CT molecular complexity index is 1660. The van der Waals surface area contributed by atoms with Crippen LogP contribution in [-0.2, 0) is 14.8 Å². The molecule has 2 aromatic carbocycles. The Balaban J connectivity index is 1.56. The smallest absolute Gasteiger partial charge is 0.407 e. The van der Waals surface area contributed by atoms with Crippen molar-refractivity contribution >= 4 is 21.8 Å². The van der Waals surface area contributed by atoms with Crippen LogP contribution in [0.5, 0.6) is 11.5 Å². The van der Waals surface area contributed by atoms with E-state index < -0.39 is 21.7 Å². The van der Waals surface area contributed by atoms with Crippen LogP contribution in [0.3, 0.4) is 0 Å². The molecular weight excluding hydrogens is 546 g/mol. The molecule has 218 valence electrons. The molecule has 1 N–H and O–H groups in total. The van der Waals surface area contributed by atoms with Gasteiger partial charge in [0, 0.05) is 25.2 Å². The molecule has 0 aliphatic heterocycles. The van der Waals surface area contributed by atoms with Crippen molar-refractivity contribution in [2.75, 3.05) is 34.4 Å². The van der Waals surface area contributed by atoms with E-state index in [2.05, 4.69) is 10.3 Å². The maximum absolute atomic E-state index is 12.5. The molecule has 1 amide bonds. The minimum Gasteiger partial charge on any atom is -0.493 e. The maximum Gasteiger partial charge on any atom is 0.407 e. The molecule has 0 saturated carbocycles. The van der Waals surface area contributed by atoms with Gasteiger partial charge in [-0.3, -0.25) is 0 Å².